The number of phosphoric ester groups is 1. The molecule has 2 atom stereocenters. The van der Waals surface area contributed by atoms with Gasteiger partial charge in [0, 0.05) is 19.6 Å². The molecule has 0 spiro atoms. The van der Waals surface area contributed by atoms with Crippen molar-refractivity contribution >= 4 is 13.8 Å². The second-order valence-corrected chi connectivity index (χ2v) is 18.5. The Kier molecular flexibility index (Phi) is 48.7. The van der Waals surface area contributed by atoms with E-state index in [1.54, 1.807) is 0 Å². The first-order valence-corrected chi connectivity index (χ1v) is 27.3. The Hall–Kier alpha value is -1.80. The number of carbonyl (C=O) groups is 1. The SMILES string of the molecule is CC/C=C\C/C=C\C/C=C\CCCCCCCCCC(=O)OC(COCCCCCCCCCCCCCCCC/C=C\C/C=C\CCCCCCC)COP(=O)(O)OCCN. The largest absolute Gasteiger partial charge is 0.472 e. The molecule has 62 heavy (non-hydrogen) atoms. The van der Waals surface area contributed by atoms with Crippen LogP contribution < -0.4 is 5.73 Å². The molecular weight excluding hydrogens is 794 g/mol. The molecule has 0 aromatic heterocycles. The summed E-state index contributed by atoms with van der Waals surface area (Å²) in [6.07, 6.45) is 62.6. The van der Waals surface area contributed by atoms with Crippen LogP contribution in [0.25, 0.3) is 0 Å². The molecule has 0 heterocycles. The molecule has 0 aliphatic carbocycles. The first-order valence-electron chi connectivity index (χ1n) is 25.8. The highest BCUT2D eigenvalue weighted by Crippen LogP contribution is 2.43. The first kappa shape index (κ1) is 60.2. The van der Waals surface area contributed by atoms with Gasteiger partial charge >= 0.3 is 13.8 Å². The Morgan fingerprint density at radius 1 is 0.500 bits per heavy atom. The summed E-state index contributed by atoms with van der Waals surface area (Å²) in [7, 11) is -4.29. The van der Waals surface area contributed by atoms with Crippen molar-refractivity contribution in [1.82, 2.24) is 0 Å². The van der Waals surface area contributed by atoms with Crippen LogP contribution in [0.3, 0.4) is 0 Å². The van der Waals surface area contributed by atoms with E-state index in [0.29, 0.717) is 13.0 Å². The number of ether oxygens (including phenoxy) is 2. The van der Waals surface area contributed by atoms with E-state index in [0.717, 1.165) is 64.2 Å². The third kappa shape index (κ3) is 49.2. The van der Waals surface area contributed by atoms with Crippen LogP contribution in [0.1, 0.15) is 232 Å². The van der Waals surface area contributed by atoms with E-state index in [1.165, 1.54) is 148 Å². The molecule has 2 unspecified atom stereocenters. The van der Waals surface area contributed by atoms with E-state index in [9.17, 15) is 14.3 Å². The Balaban J connectivity index is 3.91. The molecule has 8 nitrogen and oxygen atoms in total. The van der Waals surface area contributed by atoms with Crippen molar-refractivity contribution in [2.45, 2.75) is 238 Å². The molecule has 0 radical (unpaired) electrons. The van der Waals surface area contributed by atoms with Gasteiger partial charge in [0.05, 0.1) is 19.8 Å². The summed E-state index contributed by atoms with van der Waals surface area (Å²) >= 11 is 0. The van der Waals surface area contributed by atoms with Crippen LogP contribution in [0, 0.1) is 0 Å². The van der Waals surface area contributed by atoms with Gasteiger partial charge < -0.3 is 20.1 Å². The zero-order chi connectivity index (χ0) is 45.1. The lowest BCUT2D eigenvalue weighted by Gasteiger charge is -2.20. The second kappa shape index (κ2) is 50.2. The molecule has 0 aromatic rings. The lowest BCUT2D eigenvalue weighted by atomic mass is 10.0. The zero-order valence-corrected chi connectivity index (χ0v) is 41.2. The van der Waals surface area contributed by atoms with Crippen LogP contribution >= 0.6 is 7.82 Å². The minimum absolute atomic E-state index is 0.0969. The van der Waals surface area contributed by atoms with Gasteiger partial charge in [0.25, 0.3) is 0 Å². The second-order valence-electron chi connectivity index (χ2n) is 17.0. The summed E-state index contributed by atoms with van der Waals surface area (Å²) in [6, 6.07) is 0. The molecule has 362 valence electrons. The van der Waals surface area contributed by atoms with Gasteiger partial charge in [-0.1, -0.05) is 209 Å². The van der Waals surface area contributed by atoms with Crippen LogP contribution in [0.5, 0.6) is 0 Å². The normalized spacial score (nSPS) is 13.8. The highest BCUT2D eigenvalue weighted by molar-refractivity contribution is 7.47. The van der Waals surface area contributed by atoms with Crippen molar-refractivity contribution < 1.29 is 32.8 Å². The summed E-state index contributed by atoms with van der Waals surface area (Å²) in [6.45, 7) is 4.81. The van der Waals surface area contributed by atoms with Crippen molar-refractivity contribution in [1.29, 1.82) is 0 Å². The molecule has 0 saturated carbocycles. The fraction of sp³-hybridized carbons (Fsp3) is 0.792. The lowest BCUT2D eigenvalue weighted by molar-refractivity contribution is -0.154. The van der Waals surface area contributed by atoms with Gasteiger partial charge in [-0.15, -0.1) is 0 Å². The van der Waals surface area contributed by atoms with E-state index < -0.39 is 13.9 Å². The van der Waals surface area contributed by atoms with E-state index in [4.69, 9.17) is 24.3 Å². The summed E-state index contributed by atoms with van der Waals surface area (Å²) in [5.74, 6) is -0.340. The van der Waals surface area contributed by atoms with Crippen LogP contribution in [-0.2, 0) is 27.9 Å². The molecule has 0 fully saturated rings. The van der Waals surface area contributed by atoms with E-state index in [-0.39, 0.29) is 32.3 Å². The zero-order valence-electron chi connectivity index (χ0n) is 40.3. The molecule has 0 bridgehead atoms. The Bertz CT molecular complexity index is 1140. The topological polar surface area (TPSA) is 117 Å². The average molecular weight is 892 g/mol. The fourth-order valence-electron chi connectivity index (χ4n) is 7.16. The Labute approximate surface area is 383 Å². The smallest absolute Gasteiger partial charge is 0.457 e. The molecule has 0 rings (SSSR count). The molecule has 0 aliphatic rings. The quantitative estimate of drug-likeness (QED) is 0.0268. The maximum Gasteiger partial charge on any atom is 0.472 e. The number of esters is 1. The van der Waals surface area contributed by atoms with Crippen molar-refractivity contribution in [2.24, 2.45) is 5.73 Å². The molecule has 0 aliphatic heterocycles. The predicted octanol–water partition coefficient (Wildman–Crippen LogP) is 16.1. The first-order chi connectivity index (χ1) is 30.4. The molecule has 0 saturated heterocycles. The summed E-state index contributed by atoms with van der Waals surface area (Å²) in [4.78, 5) is 22.6. The van der Waals surface area contributed by atoms with Gasteiger partial charge in [-0.2, -0.15) is 0 Å². The number of unbranched alkanes of at least 4 members (excludes halogenated alkanes) is 26. The minimum atomic E-state index is -4.29. The Morgan fingerprint density at radius 3 is 1.35 bits per heavy atom. The fourth-order valence-corrected chi connectivity index (χ4v) is 7.93. The van der Waals surface area contributed by atoms with Crippen LogP contribution in [-0.4, -0.2) is 49.9 Å². The molecule has 9 heteroatoms. The van der Waals surface area contributed by atoms with Crippen molar-refractivity contribution in [3.8, 4) is 0 Å². The summed E-state index contributed by atoms with van der Waals surface area (Å²) < 4.78 is 33.6. The van der Waals surface area contributed by atoms with Crippen molar-refractivity contribution in [3.63, 3.8) is 0 Å². The van der Waals surface area contributed by atoms with E-state index in [2.05, 4.69) is 74.6 Å². The number of rotatable bonds is 49. The molecular formula is C53H98NO7P. The standard InChI is InChI=1S/C53H98NO7P/c1-3-5-7-9-11-13-15-17-19-21-22-23-24-25-26-27-28-29-31-33-35-37-39-41-43-45-48-58-50-52(51-60-62(56,57)59-49-47-54)61-53(55)46-44-42-40-38-36-34-32-30-20-18-16-14-12-10-8-6-4-2/h6,8,12,14-15,17-18,20-22,52H,3-5,7,9-11,13,16,19,23-51,54H2,1-2H3,(H,56,57)/b8-6-,14-12-,17-15-,20-18-,22-21-. The van der Waals surface area contributed by atoms with Gasteiger partial charge in [-0.3, -0.25) is 13.8 Å². The maximum absolute atomic E-state index is 12.6. The Morgan fingerprint density at radius 2 is 0.903 bits per heavy atom. The number of allylic oxidation sites excluding steroid dienone is 10. The third-order valence-electron chi connectivity index (χ3n) is 10.9. The highest BCUT2D eigenvalue weighted by atomic mass is 31.2. The minimum Gasteiger partial charge on any atom is -0.457 e. The molecule has 0 amide bonds. The third-order valence-corrected chi connectivity index (χ3v) is 11.9. The van der Waals surface area contributed by atoms with Gasteiger partial charge in [0.1, 0.15) is 6.10 Å². The molecule has 3 N–H and O–H groups in total. The van der Waals surface area contributed by atoms with Gasteiger partial charge in [0.15, 0.2) is 0 Å². The summed E-state index contributed by atoms with van der Waals surface area (Å²) in [5.41, 5.74) is 5.39. The van der Waals surface area contributed by atoms with Crippen LogP contribution in [0.4, 0.5) is 0 Å². The van der Waals surface area contributed by atoms with E-state index >= 15 is 0 Å². The number of phosphoric acid groups is 1. The summed E-state index contributed by atoms with van der Waals surface area (Å²) in [5, 5.41) is 0. The number of carbonyl (C=O) groups excluding carboxylic acids is 1. The van der Waals surface area contributed by atoms with Crippen LogP contribution in [0.2, 0.25) is 0 Å². The predicted molar refractivity (Wildman–Crippen MR) is 266 cm³/mol. The van der Waals surface area contributed by atoms with E-state index in [1.807, 2.05) is 0 Å². The van der Waals surface area contributed by atoms with Crippen LogP contribution in [0.15, 0.2) is 60.8 Å². The van der Waals surface area contributed by atoms with Crippen molar-refractivity contribution in [3.05, 3.63) is 60.8 Å². The average Bonchev–Trinajstić information content (AvgIpc) is 3.26. The maximum atomic E-state index is 12.6. The van der Waals surface area contributed by atoms with Gasteiger partial charge in [0.2, 0.25) is 0 Å². The van der Waals surface area contributed by atoms with Gasteiger partial charge in [-0.05, 0) is 77.0 Å². The number of hydrogen-bond acceptors (Lipinski definition) is 7. The number of nitrogens with two attached hydrogens (primary N) is 1. The monoisotopic (exact) mass is 892 g/mol. The molecule has 0 aromatic carbocycles. The lowest BCUT2D eigenvalue weighted by Crippen LogP contribution is -2.28. The number of hydrogen-bond donors (Lipinski definition) is 2. The van der Waals surface area contributed by atoms with Gasteiger partial charge in [-0.25, -0.2) is 4.57 Å². The van der Waals surface area contributed by atoms with Crippen molar-refractivity contribution in [2.75, 3.05) is 33.0 Å². The highest BCUT2D eigenvalue weighted by Gasteiger charge is 2.25.